The van der Waals surface area contributed by atoms with Crippen molar-refractivity contribution in [1.29, 1.82) is 0 Å². The first-order chi connectivity index (χ1) is 11.5. The van der Waals surface area contributed by atoms with Crippen LogP contribution in [0.15, 0.2) is 54.6 Å². The van der Waals surface area contributed by atoms with Crippen molar-refractivity contribution in [3.05, 3.63) is 65.7 Å². The van der Waals surface area contributed by atoms with E-state index in [-0.39, 0.29) is 23.3 Å². The van der Waals surface area contributed by atoms with Crippen molar-refractivity contribution >= 4 is 34.8 Å². The zero-order chi connectivity index (χ0) is 17.5. The van der Waals surface area contributed by atoms with Crippen molar-refractivity contribution in [2.45, 2.75) is 6.42 Å². The predicted molar refractivity (Wildman–Crippen MR) is 99.0 cm³/mol. The average Bonchev–Trinajstić information content (AvgIpc) is 2.55. The molecule has 6 heteroatoms. The fourth-order valence-electron chi connectivity index (χ4n) is 2.07. The summed E-state index contributed by atoms with van der Waals surface area (Å²) in [6.45, 7) is 0. The van der Waals surface area contributed by atoms with Gasteiger partial charge < -0.3 is 15.5 Å². The molecule has 0 saturated carbocycles. The van der Waals surface area contributed by atoms with Crippen molar-refractivity contribution in [3.8, 4) is 0 Å². The maximum Gasteiger partial charge on any atom is 0.253 e. The highest BCUT2D eigenvalue weighted by atomic mass is 32.1. The summed E-state index contributed by atoms with van der Waals surface area (Å²) in [7, 11) is 3.40. The van der Waals surface area contributed by atoms with Crippen LogP contribution in [0.25, 0.3) is 0 Å². The Hall–Kier alpha value is -2.73. The molecule has 2 aromatic carbocycles. The van der Waals surface area contributed by atoms with Crippen LogP contribution in [-0.4, -0.2) is 35.9 Å². The van der Waals surface area contributed by atoms with E-state index < -0.39 is 0 Å². The van der Waals surface area contributed by atoms with E-state index in [1.54, 1.807) is 38.4 Å². The van der Waals surface area contributed by atoms with E-state index in [0.29, 0.717) is 11.3 Å². The molecule has 2 aromatic rings. The van der Waals surface area contributed by atoms with Crippen LogP contribution in [0.4, 0.5) is 5.69 Å². The minimum Gasteiger partial charge on any atom is -0.345 e. The number of rotatable bonds is 4. The Morgan fingerprint density at radius 3 is 2.21 bits per heavy atom. The molecule has 0 unspecified atom stereocenters. The number of hydrogen-bond donors (Lipinski definition) is 2. The molecule has 0 heterocycles. The molecule has 0 bridgehead atoms. The summed E-state index contributed by atoms with van der Waals surface area (Å²) in [5.41, 5.74) is 2.21. The Labute approximate surface area is 146 Å². The number of hydrogen-bond acceptors (Lipinski definition) is 3. The van der Waals surface area contributed by atoms with Crippen LogP contribution in [-0.2, 0) is 11.2 Å². The number of carbonyl (C=O) groups is 2. The van der Waals surface area contributed by atoms with Gasteiger partial charge in [-0.25, -0.2) is 0 Å². The van der Waals surface area contributed by atoms with Crippen molar-refractivity contribution in [3.63, 3.8) is 0 Å². The topological polar surface area (TPSA) is 61.4 Å². The van der Waals surface area contributed by atoms with E-state index in [1.165, 1.54) is 4.90 Å². The summed E-state index contributed by atoms with van der Waals surface area (Å²) in [5, 5.41) is 5.79. The van der Waals surface area contributed by atoms with Gasteiger partial charge in [-0.15, -0.1) is 0 Å². The second-order valence-electron chi connectivity index (χ2n) is 5.44. The van der Waals surface area contributed by atoms with Gasteiger partial charge in [0.15, 0.2) is 5.11 Å². The Morgan fingerprint density at radius 1 is 1.00 bits per heavy atom. The van der Waals surface area contributed by atoms with Gasteiger partial charge in [-0.3, -0.25) is 9.59 Å². The van der Waals surface area contributed by atoms with E-state index in [0.717, 1.165) is 5.56 Å². The van der Waals surface area contributed by atoms with E-state index in [9.17, 15) is 9.59 Å². The molecule has 5 nitrogen and oxygen atoms in total. The first-order valence-corrected chi connectivity index (χ1v) is 7.83. The number of amides is 2. The van der Waals surface area contributed by atoms with Crippen molar-refractivity contribution in [1.82, 2.24) is 10.2 Å². The number of carbonyl (C=O) groups excluding carboxylic acids is 2. The van der Waals surface area contributed by atoms with Gasteiger partial charge in [0.1, 0.15) is 0 Å². The lowest BCUT2D eigenvalue weighted by atomic mass is 10.1. The fraction of sp³-hybridized carbons (Fsp3) is 0.167. The van der Waals surface area contributed by atoms with Gasteiger partial charge in [-0.1, -0.05) is 30.3 Å². The van der Waals surface area contributed by atoms with Gasteiger partial charge in [0.05, 0.1) is 6.42 Å². The van der Waals surface area contributed by atoms with Gasteiger partial charge in [0.2, 0.25) is 5.91 Å². The maximum atomic E-state index is 11.9. The lowest BCUT2D eigenvalue weighted by molar-refractivity contribution is -0.119. The van der Waals surface area contributed by atoms with Gasteiger partial charge in [0, 0.05) is 25.3 Å². The Kier molecular flexibility index (Phi) is 6.03. The second kappa shape index (κ2) is 8.21. The zero-order valence-electron chi connectivity index (χ0n) is 13.6. The molecule has 0 radical (unpaired) electrons. The first-order valence-electron chi connectivity index (χ1n) is 7.42. The van der Waals surface area contributed by atoms with Crippen LogP contribution in [0.3, 0.4) is 0 Å². The third-order valence-electron chi connectivity index (χ3n) is 3.26. The normalized spacial score (nSPS) is 9.92. The maximum absolute atomic E-state index is 11.9. The molecular formula is C18H19N3O2S. The largest absolute Gasteiger partial charge is 0.345 e. The molecule has 0 spiro atoms. The molecule has 2 rings (SSSR count). The molecule has 0 aromatic heterocycles. The first kappa shape index (κ1) is 17.6. The zero-order valence-corrected chi connectivity index (χ0v) is 14.4. The van der Waals surface area contributed by atoms with Gasteiger partial charge in [0.25, 0.3) is 5.91 Å². The molecule has 0 atom stereocenters. The van der Waals surface area contributed by atoms with Gasteiger partial charge >= 0.3 is 0 Å². The highest BCUT2D eigenvalue weighted by molar-refractivity contribution is 7.80. The molecule has 0 saturated heterocycles. The average molecular weight is 341 g/mol. The lowest BCUT2D eigenvalue weighted by Crippen LogP contribution is -2.35. The Bertz CT molecular complexity index is 728. The smallest absolute Gasteiger partial charge is 0.253 e. The van der Waals surface area contributed by atoms with Gasteiger partial charge in [-0.2, -0.15) is 0 Å². The summed E-state index contributed by atoms with van der Waals surface area (Å²) in [6.07, 6.45) is 0.263. The monoisotopic (exact) mass is 341 g/mol. The SMILES string of the molecule is CN(C)C(=O)c1ccc(NC(=S)NC(=O)Cc2ccccc2)cc1. The predicted octanol–water partition coefficient (Wildman–Crippen LogP) is 2.44. The summed E-state index contributed by atoms with van der Waals surface area (Å²) in [6, 6.07) is 16.3. The van der Waals surface area contributed by atoms with Crippen LogP contribution in [0, 0.1) is 0 Å². The quantitative estimate of drug-likeness (QED) is 0.839. The van der Waals surface area contributed by atoms with Crippen LogP contribution in [0.5, 0.6) is 0 Å². The molecule has 0 aliphatic heterocycles. The lowest BCUT2D eigenvalue weighted by Gasteiger charge is -2.12. The summed E-state index contributed by atoms with van der Waals surface area (Å²) in [5.74, 6) is -0.251. The number of benzene rings is 2. The van der Waals surface area contributed by atoms with E-state index >= 15 is 0 Å². The third-order valence-corrected chi connectivity index (χ3v) is 3.46. The highest BCUT2D eigenvalue weighted by Crippen LogP contribution is 2.10. The van der Waals surface area contributed by atoms with E-state index in [4.69, 9.17) is 12.2 Å². The van der Waals surface area contributed by atoms with E-state index in [1.807, 2.05) is 30.3 Å². The van der Waals surface area contributed by atoms with Crippen LogP contribution >= 0.6 is 12.2 Å². The third kappa shape index (κ3) is 5.17. The van der Waals surface area contributed by atoms with Crippen LogP contribution in [0.1, 0.15) is 15.9 Å². The minimum atomic E-state index is -0.182. The van der Waals surface area contributed by atoms with E-state index in [2.05, 4.69) is 10.6 Å². The number of thiocarbonyl (C=S) groups is 1. The Morgan fingerprint density at radius 2 is 1.62 bits per heavy atom. The molecule has 2 N–H and O–H groups in total. The molecular weight excluding hydrogens is 322 g/mol. The molecule has 124 valence electrons. The van der Waals surface area contributed by atoms with Crippen LogP contribution < -0.4 is 10.6 Å². The summed E-state index contributed by atoms with van der Waals surface area (Å²) < 4.78 is 0. The van der Waals surface area contributed by atoms with Crippen molar-refractivity contribution in [2.75, 3.05) is 19.4 Å². The number of nitrogens with one attached hydrogen (secondary N) is 2. The molecule has 0 aliphatic carbocycles. The molecule has 0 aliphatic rings. The Balaban J connectivity index is 1.88. The molecule has 0 fully saturated rings. The van der Waals surface area contributed by atoms with Crippen molar-refractivity contribution in [2.24, 2.45) is 0 Å². The summed E-state index contributed by atoms with van der Waals surface area (Å²) >= 11 is 5.14. The fourth-order valence-corrected chi connectivity index (χ4v) is 2.30. The summed E-state index contributed by atoms with van der Waals surface area (Å²) in [4.78, 5) is 25.3. The number of anilines is 1. The number of nitrogens with zero attached hydrogens (tertiary/aromatic N) is 1. The molecule has 2 amide bonds. The van der Waals surface area contributed by atoms with Crippen molar-refractivity contribution < 1.29 is 9.59 Å². The second-order valence-corrected chi connectivity index (χ2v) is 5.85. The molecule has 24 heavy (non-hydrogen) atoms. The highest BCUT2D eigenvalue weighted by Gasteiger charge is 2.09. The van der Waals surface area contributed by atoms with Crippen LogP contribution in [0.2, 0.25) is 0 Å². The minimum absolute atomic E-state index is 0.0692. The van der Waals surface area contributed by atoms with Gasteiger partial charge in [-0.05, 0) is 42.0 Å². The standard InChI is InChI=1S/C18H19N3O2S/c1-21(2)17(23)14-8-10-15(11-9-14)19-18(24)20-16(22)12-13-6-4-3-5-7-13/h3-11H,12H2,1-2H3,(H2,19,20,22,24).